The number of rotatable bonds is 3. The molecule has 0 aliphatic rings. The van der Waals surface area contributed by atoms with Gasteiger partial charge in [0.15, 0.2) is 0 Å². The number of methoxy groups -OCH3 is 1. The van der Waals surface area contributed by atoms with Crippen LogP contribution in [0.25, 0.3) is 10.8 Å². The molecule has 2 rings (SSSR count). The number of phenols is 1. The summed E-state index contributed by atoms with van der Waals surface area (Å²) in [7, 11) is 1.32. The number of aromatic hydroxyl groups is 1. The van der Waals surface area contributed by atoms with Gasteiger partial charge < -0.3 is 9.84 Å². The summed E-state index contributed by atoms with van der Waals surface area (Å²) in [5, 5.41) is 31.7. The van der Waals surface area contributed by atoms with Crippen LogP contribution < -0.4 is 4.74 Å². The van der Waals surface area contributed by atoms with E-state index in [0.29, 0.717) is 0 Å². The van der Waals surface area contributed by atoms with Crippen molar-refractivity contribution in [2.75, 3.05) is 7.11 Å². The molecule has 0 bridgehead atoms. The van der Waals surface area contributed by atoms with Crippen LogP contribution in [0.15, 0.2) is 24.3 Å². The zero-order valence-electron chi connectivity index (χ0n) is 9.69. The monoisotopic (exact) mass is 264 g/mol. The zero-order chi connectivity index (χ0) is 14.2. The molecule has 0 amide bonds. The van der Waals surface area contributed by atoms with Crippen LogP contribution in [-0.4, -0.2) is 22.1 Å². The third-order valence-electron chi connectivity index (χ3n) is 2.67. The normalized spacial score (nSPS) is 10.4. The Kier molecular flexibility index (Phi) is 2.91. The number of non-ortho nitro benzene ring substituents is 1. The Bertz CT molecular complexity index is 697. The molecule has 0 unspecified atom stereocenters. The Hall–Kier alpha value is -2.90. The van der Waals surface area contributed by atoms with E-state index >= 15 is 0 Å². The van der Waals surface area contributed by atoms with Crippen LogP contribution in [-0.2, 0) is 0 Å². The van der Waals surface area contributed by atoms with E-state index in [2.05, 4.69) is 0 Å². The predicted octanol–water partition coefficient (Wildman–Crippen LogP) is 2.37. The van der Waals surface area contributed by atoms with E-state index in [0.717, 1.165) is 6.07 Å². The molecule has 2 aromatic rings. The van der Waals surface area contributed by atoms with E-state index in [4.69, 9.17) is 4.74 Å². The first-order chi connectivity index (χ1) is 8.97. The van der Waals surface area contributed by atoms with Gasteiger partial charge in [0.1, 0.15) is 11.1 Å². The van der Waals surface area contributed by atoms with E-state index in [1.165, 1.54) is 25.3 Å². The van der Waals surface area contributed by atoms with Crippen LogP contribution in [0.2, 0.25) is 0 Å². The molecule has 0 spiro atoms. The summed E-state index contributed by atoms with van der Waals surface area (Å²) in [6.45, 7) is 0. The van der Waals surface area contributed by atoms with Gasteiger partial charge in [0.05, 0.1) is 23.0 Å². The molecule has 19 heavy (non-hydrogen) atoms. The third kappa shape index (κ3) is 1.88. The molecule has 0 radical (unpaired) electrons. The van der Waals surface area contributed by atoms with Gasteiger partial charge >= 0.3 is 5.69 Å². The van der Waals surface area contributed by atoms with E-state index in [1.54, 1.807) is 0 Å². The highest BCUT2D eigenvalue weighted by atomic mass is 16.6. The number of nitro groups is 2. The van der Waals surface area contributed by atoms with Gasteiger partial charge in [0.2, 0.25) is 5.75 Å². The molecule has 0 aromatic heterocycles. The molecule has 0 heterocycles. The average molecular weight is 264 g/mol. The second-order valence-electron chi connectivity index (χ2n) is 3.66. The van der Waals surface area contributed by atoms with Crippen molar-refractivity contribution in [2.24, 2.45) is 0 Å². The lowest BCUT2D eigenvalue weighted by Crippen LogP contribution is -1.96. The molecule has 8 heteroatoms. The number of hydrogen-bond donors (Lipinski definition) is 1. The predicted molar refractivity (Wildman–Crippen MR) is 65.5 cm³/mol. The SMILES string of the molecule is COc1cccc2c(O)c([N+](=O)[O-])cc([N+](=O)[O-])c12. The van der Waals surface area contributed by atoms with Gasteiger partial charge in [-0.2, -0.15) is 0 Å². The highest BCUT2D eigenvalue weighted by Gasteiger charge is 2.27. The number of hydrogen-bond acceptors (Lipinski definition) is 6. The third-order valence-corrected chi connectivity index (χ3v) is 2.67. The van der Waals surface area contributed by atoms with Gasteiger partial charge in [0.25, 0.3) is 5.69 Å². The van der Waals surface area contributed by atoms with Crippen molar-refractivity contribution in [3.8, 4) is 11.5 Å². The lowest BCUT2D eigenvalue weighted by molar-refractivity contribution is -0.393. The summed E-state index contributed by atoms with van der Waals surface area (Å²) >= 11 is 0. The Morgan fingerprint density at radius 1 is 1.16 bits per heavy atom. The van der Waals surface area contributed by atoms with Crippen LogP contribution in [0.5, 0.6) is 11.5 Å². The van der Waals surface area contributed by atoms with Crippen LogP contribution in [0, 0.1) is 20.2 Å². The molecule has 98 valence electrons. The molecule has 0 fully saturated rings. The van der Waals surface area contributed by atoms with Gasteiger partial charge in [-0.3, -0.25) is 20.2 Å². The summed E-state index contributed by atoms with van der Waals surface area (Å²) < 4.78 is 4.99. The number of nitrogens with zero attached hydrogens (tertiary/aromatic N) is 2. The smallest absolute Gasteiger partial charge is 0.318 e. The number of benzene rings is 2. The number of phenolic OH excluding ortho intramolecular Hbond substituents is 1. The van der Waals surface area contributed by atoms with Gasteiger partial charge in [-0.05, 0) is 12.1 Å². The minimum atomic E-state index is -0.874. The number of fused-ring (bicyclic) bond motifs is 1. The summed E-state index contributed by atoms with van der Waals surface area (Å²) in [6, 6.07) is 5.03. The Labute approximate surface area is 106 Å². The highest BCUT2D eigenvalue weighted by Crippen LogP contribution is 2.43. The molecule has 0 saturated heterocycles. The maximum absolute atomic E-state index is 11.0. The van der Waals surface area contributed by atoms with Crippen molar-refractivity contribution in [3.63, 3.8) is 0 Å². The topological polar surface area (TPSA) is 116 Å². The van der Waals surface area contributed by atoms with E-state index in [-0.39, 0.29) is 16.5 Å². The number of ether oxygens (including phenoxy) is 1. The lowest BCUT2D eigenvalue weighted by atomic mass is 10.1. The van der Waals surface area contributed by atoms with Crippen molar-refractivity contribution < 1.29 is 19.7 Å². The molecule has 0 aliphatic carbocycles. The largest absolute Gasteiger partial charge is 0.502 e. The first kappa shape index (κ1) is 12.6. The average Bonchev–Trinajstić information content (AvgIpc) is 2.37. The van der Waals surface area contributed by atoms with Crippen molar-refractivity contribution >= 4 is 22.1 Å². The lowest BCUT2D eigenvalue weighted by Gasteiger charge is -2.07. The maximum Gasteiger partial charge on any atom is 0.318 e. The van der Waals surface area contributed by atoms with Crippen LogP contribution in [0.4, 0.5) is 11.4 Å². The quantitative estimate of drug-likeness (QED) is 0.671. The summed E-state index contributed by atoms with van der Waals surface area (Å²) in [5.74, 6) is -0.459. The zero-order valence-corrected chi connectivity index (χ0v) is 9.69. The molecular formula is C11H8N2O6. The fourth-order valence-corrected chi connectivity index (χ4v) is 1.85. The molecule has 0 saturated carbocycles. The molecule has 2 aromatic carbocycles. The van der Waals surface area contributed by atoms with Gasteiger partial charge in [-0.25, -0.2) is 0 Å². The Morgan fingerprint density at radius 2 is 1.79 bits per heavy atom. The van der Waals surface area contributed by atoms with Gasteiger partial charge in [-0.1, -0.05) is 6.07 Å². The molecule has 0 atom stereocenters. The maximum atomic E-state index is 11.0. The molecular weight excluding hydrogens is 256 g/mol. The van der Waals surface area contributed by atoms with Crippen LogP contribution in [0.1, 0.15) is 0 Å². The molecule has 1 N–H and O–H groups in total. The van der Waals surface area contributed by atoms with Crippen molar-refractivity contribution in [1.82, 2.24) is 0 Å². The van der Waals surface area contributed by atoms with Gasteiger partial charge in [-0.15, -0.1) is 0 Å². The molecule has 8 nitrogen and oxygen atoms in total. The van der Waals surface area contributed by atoms with Gasteiger partial charge in [0, 0.05) is 5.39 Å². The van der Waals surface area contributed by atoms with Crippen LogP contribution >= 0.6 is 0 Å². The van der Waals surface area contributed by atoms with E-state index in [9.17, 15) is 25.3 Å². The first-order valence-electron chi connectivity index (χ1n) is 5.08. The fourth-order valence-electron chi connectivity index (χ4n) is 1.85. The standard InChI is InChI=1S/C11H8N2O6/c1-19-9-4-2-3-6-10(9)7(12(15)16)5-8(11(6)14)13(17)18/h2-5,14H,1H3. The minimum Gasteiger partial charge on any atom is -0.502 e. The van der Waals surface area contributed by atoms with Crippen molar-refractivity contribution in [3.05, 3.63) is 44.5 Å². The molecule has 0 aliphatic heterocycles. The second-order valence-corrected chi connectivity index (χ2v) is 3.66. The summed E-state index contributed by atoms with van der Waals surface area (Å²) in [5.41, 5.74) is -1.20. The second kappa shape index (κ2) is 4.41. The minimum absolute atomic E-state index is 0.000231. The van der Waals surface area contributed by atoms with Crippen molar-refractivity contribution in [1.29, 1.82) is 0 Å². The Balaban J connectivity index is 3.00. The Morgan fingerprint density at radius 3 is 2.32 bits per heavy atom. The fraction of sp³-hybridized carbons (Fsp3) is 0.0909. The number of nitro benzene ring substituents is 2. The van der Waals surface area contributed by atoms with Crippen LogP contribution in [0.3, 0.4) is 0 Å². The van der Waals surface area contributed by atoms with E-state index in [1.807, 2.05) is 0 Å². The van der Waals surface area contributed by atoms with Crippen molar-refractivity contribution in [2.45, 2.75) is 0 Å². The summed E-state index contributed by atoms with van der Waals surface area (Å²) in [6.07, 6.45) is 0. The first-order valence-corrected chi connectivity index (χ1v) is 5.08. The summed E-state index contributed by atoms with van der Waals surface area (Å²) in [4.78, 5) is 20.2. The highest BCUT2D eigenvalue weighted by molar-refractivity contribution is 6.02. The van der Waals surface area contributed by atoms with E-state index < -0.39 is 27.0 Å².